The molecule has 0 radical (unpaired) electrons. The molecule has 3 aliphatic rings. The summed E-state index contributed by atoms with van der Waals surface area (Å²) in [7, 11) is 4.08. The first kappa shape index (κ1) is 23.9. The highest BCUT2D eigenvalue weighted by molar-refractivity contribution is 5.58. The number of hydrogen-bond acceptors (Lipinski definition) is 7. The van der Waals surface area contributed by atoms with Crippen LogP contribution >= 0.6 is 0 Å². The quantitative estimate of drug-likeness (QED) is 0.636. The number of nitriles is 1. The van der Waals surface area contributed by atoms with E-state index in [9.17, 15) is 14.0 Å². The Bertz CT molecular complexity index is 1120. The number of halogens is 2. The lowest BCUT2D eigenvalue weighted by Gasteiger charge is -2.57. The Labute approximate surface area is 205 Å². The Hall–Kier alpha value is -2.83. The lowest BCUT2D eigenvalue weighted by molar-refractivity contribution is -0.0259. The van der Waals surface area contributed by atoms with E-state index >= 15 is 0 Å². The lowest BCUT2D eigenvalue weighted by atomic mass is 9.80. The molecule has 9 heteroatoms. The van der Waals surface area contributed by atoms with Crippen LogP contribution in [-0.4, -0.2) is 71.5 Å². The van der Waals surface area contributed by atoms with Gasteiger partial charge in [-0.15, -0.1) is 0 Å². The topological polar surface area (TPSA) is 71.3 Å². The maximum atomic E-state index is 14.1. The van der Waals surface area contributed by atoms with Crippen molar-refractivity contribution < 1.29 is 8.78 Å². The van der Waals surface area contributed by atoms with E-state index in [1.165, 1.54) is 5.56 Å². The number of anilines is 3. The van der Waals surface area contributed by atoms with Gasteiger partial charge in [0.25, 0.3) is 5.92 Å². The van der Waals surface area contributed by atoms with Crippen molar-refractivity contribution in [3.8, 4) is 6.07 Å². The number of piperidine rings is 1. The second kappa shape index (κ2) is 8.68. The monoisotopic (exact) mass is 481 g/mol. The summed E-state index contributed by atoms with van der Waals surface area (Å²) in [6, 6.07) is 10.5. The van der Waals surface area contributed by atoms with Crippen LogP contribution in [0.5, 0.6) is 0 Å². The zero-order valence-electron chi connectivity index (χ0n) is 20.7. The normalized spacial score (nSPS) is 24.8. The molecule has 2 aromatic rings. The van der Waals surface area contributed by atoms with Crippen molar-refractivity contribution in [2.75, 3.05) is 50.5 Å². The van der Waals surface area contributed by atoms with Crippen molar-refractivity contribution in [1.29, 1.82) is 5.26 Å². The molecule has 1 aliphatic carbocycles. The van der Waals surface area contributed by atoms with Crippen molar-refractivity contribution >= 4 is 17.5 Å². The number of aryl methyl sites for hydroxylation is 1. The fourth-order valence-electron chi connectivity index (χ4n) is 5.75. The van der Waals surface area contributed by atoms with E-state index in [-0.39, 0.29) is 6.42 Å². The SMILES string of the molecule is Cc1cnc(Nc2ccc(CN(C)C)cc2)nc1N1CC(CC#N)(N2CCCC3(C2)CC3(F)F)C1. The lowest BCUT2D eigenvalue weighted by Crippen LogP contribution is -2.72. The fraction of sp³-hybridized carbons (Fsp3) is 0.577. The molecule has 1 saturated carbocycles. The van der Waals surface area contributed by atoms with Crippen LogP contribution in [0.15, 0.2) is 30.5 Å². The molecule has 1 aromatic carbocycles. The van der Waals surface area contributed by atoms with E-state index in [1.54, 1.807) is 6.20 Å². The van der Waals surface area contributed by atoms with Gasteiger partial charge in [0.1, 0.15) is 5.82 Å². The summed E-state index contributed by atoms with van der Waals surface area (Å²) in [4.78, 5) is 15.7. The van der Waals surface area contributed by atoms with Crippen LogP contribution in [0.2, 0.25) is 0 Å². The highest BCUT2D eigenvalue weighted by Crippen LogP contribution is 2.65. The average molecular weight is 482 g/mol. The van der Waals surface area contributed by atoms with Crippen LogP contribution in [0.4, 0.5) is 26.2 Å². The van der Waals surface area contributed by atoms with Crippen molar-refractivity contribution in [1.82, 2.24) is 19.8 Å². The predicted octanol–water partition coefficient (Wildman–Crippen LogP) is 4.18. The summed E-state index contributed by atoms with van der Waals surface area (Å²) < 4.78 is 28.2. The molecule has 1 atom stereocenters. The van der Waals surface area contributed by atoms with Gasteiger partial charge in [-0.2, -0.15) is 10.2 Å². The summed E-state index contributed by atoms with van der Waals surface area (Å²) in [6.45, 7) is 5.22. The molecule has 1 aromatic heterocycles. The molecule has 5 rings (SSSR count). The van der Waals surface area contributed by atoms with Crippen molar-refractivity contribution in [2.24, 2.45) is 5.41 Å². The van der Waals surface area contributed by atoms with Gasteiger partial charge in [0.15, 0.2) is 0 Å². The largest absolute Gasteiger partial charge is 0.352 e. The fourth-order valence-corrected chi connectivity index (χ4v) is 5.75. The minimum atomic E-state index is -2.56. The van der Waals surface area contributed by atoms with Crippen LogP contribution in [0.25, 0.3) is 0 Å². The van der Waals surface area contributed by atoms with Gasteiger partial charge >= 0.3 is 0 Å². The van der Waals surface area contributed by atoms with E-state index in [4.69, 9.17) is 4.98 Å². The molecular formula is C26H33F2N7. The van der Waals surface area contributed by atoms with E-state index in [2.05, 4.69) is 43.2 Å². The van der Waals surface area contributed by atoms with Crippen LogP contribution in [0.3, 0.4) is 0 Å². The molecule has 2 aliphatic heterocycles. The van der Waals surface area contributed by atoms with Gasteiger partial charge in [0.05, 0.1) is 23.4 Å². The molecule has 3 heterocycles. The number of likely N-dealkylation sites (tertiary alicyclic amines) is 1. The Balaban J connectivity index is 1.28. The van der Waals surface area contributed by atoms with Crippen LogP contribution < -0.4 is 10.2 Å². The number of hydrogen-bond donors (Lipinski definition) is 1. The second-order valence-electron chi connectivity index (χ2n) is 10.9. The Morgan fingerprint density at radius 1 is 1.17 bits per heavy atom. The van der Waals surface area contributed by atoms with Gasteiger partial charge in [0.2, 0.25) is 5.95 Å². The van der Waals surface area contributed by atoms with Crippen molar-refractivity contribution in [3.63, 3.8) is 0 Å². The number of nitrogens with one attached hydrogen (secondary N) is 1. The summed E-state index contributed by atoms with van der Waals surface area (Å²) in [5.74, 6) is -1.22. The molecule has 0 amide bonds. The van der Waals surface area contributed by atoms with Crippen LogP contribution in [0.1, 0.15) is 36.8 Å². The number of aromatic nitrogens is 2. The van der Waals surface area contributed by atoms with Crippen LogP contribution in [-0.2, 0) is 6.54 Å². The zero-order chi connectivity index (χ0) is 24.8. The number of rotatable bonds is 7. The molecular weight excluding hydrogens is 448 g/mol. The molecule has 1 N–H and O–H groups in total. The molecule has 3 fully saturated rings. The third-order valence-corrected chi connectivity index (χ3v) is 7.79. The van der Waals surface area contributed by atoms with Gasteiger partial charge in [-0.3, -0.25) is 4.90 Å². The highest BCUT2D eigenvalue weighted by atomic mass is 19.3. The standard InChI is InChI=1S/C26H33F2N7/c1-19-13-30-23(31-21-7-5-20(6-8-21)14-33(2)3)32-22(19)34-17-25(18-34,10-11-29)35-12-4-9-24(16-35)15-26(24,27)28/h5-8,13H,4,9-10,12,14-18H2,1-3H3,(H,30,31,32). The minimum Gasteiger partial charge on any atom is -0.352 e. The first-order valence-corrected chi connectivity index (χ1v) is 12.2. The van der Waals surface area contributed by atoms with Crippen LogP contribution in [0, 0.1) is 23.7 Å². The maximum Gasteiger partial charge on any atom is 0.255 e. The number of nitrogens with zero attached hydrogens (tertiary/aromatic N) is 6. The van der Waals surface area contributed by atoms with E-state index in [0.29, 0.717) is 38.4 Å². The van der Waals surface area contributed by atoms with Gasteiger partial charge in [-0.1, -0.05) is 12.1 Å². The van der Waals surface area contributed by atoms with Gasteiger partial charge in [-0.05, 0) is 58.1 Å². The molecule has 1 spiro atoms. The minimum absolute atomic E-state index is 0.0149. The first-order valence-electron chi connectivity index (χ1n) is 12.2. The molecule has 1 unspecified atom stereocenters. The zero-order valence-corrected chi connectivity index (χ0v) is 20.7. The average Bonchev–Trinajstić information content (AvgIpc) is 3.31. The molecule has 0 bridgehead atoms. The Kier molecular flexibility index (Phi) is 5.93. The smallest absolute Gasteiger partial charge is 0.255 e. The molecule has 2 saturated heterocycles. The summed E-state index contributed by atoms with van der Waals surface area (Å²) in [5.41, 5.74) is 1.82. The highest BCUT2D eigenvalue weighted by Gasteiger charge is 2.72. The summed E-state index contributed by atoms with van der Waals surface area (Å²) in [6.07, 6.45) is 3.46. The molecule has 7 nitrogen and oxygen atoms in total. The van der Waals surface area contributed by atoms with E-state index in [0.717, 1.165) is 36.6 Å². The Morgan fingerprint density at radius 2 is 1.89 bits per heavy atom. The summed E-state index contributed by atoms with van der Waals surface area (Å²) >= 11 is 0. The second-order valence-corrected chi connectivity index (χ2v) is 10.9. The van der Waals surface area contributed by atoms with Crippen molar-refractivity contribution in [2.45, 2.75) is 50.6 Å². The number of benzene rings is 1. The van der Waals surface area contributed by atoms with E-state index < -0.39 is 16.9 Å². The maximum absolute atomic E-state index is 14.1. The summed E-state index contributed by atoms with van der Waals surface area (Å²) in [5, 5.41) is 12.8. The Morgan fingerprint density at radius 3 is 2.51 bits per heavy atom. The number of alkyl halides is 2. The van der Waals surface area contributed by atoms with E-state index in [1.807, 2.05) is 33.2 Å². The molecule has 35 heavy (non-hydrogen) atoms. The first-order chi connectivity index (χ1) is 16.7. The van der Waals surface area contributed by atoms with Crippen molar-refractivity contribution in [3.05, 3.63) is 41.6 Å². The van der Waals surface area contributed by atoms with Gasteiger partial charge in [0, 0.05) is 50.0 Å². The van der Waals surface area contributed by atoms with Gasteiger partial charge < -0.3 is 15.1 Å². The molecule has 186 valence electrons. The predicted molar refractivity (Wildman–Crippen MR) is 132 cm³/mol. The van der Waals surface area contributed by atoms with Gasteiger partial charge in [-0.25, -0.2) is 13.8 Å². The third-order valence-electron chi connectivity index (χ3n) is 7.79. The third kappa shape index (κ3) is 4.45.